The molecule has 1 saturated heterocycles. The van der Waals surface area contributed by atoms with Gasteiger partial charge in [0.05, 0.1) is 5.54 Å². The second-order valence-electron chi connectivity index (χ2n) is 4.91. The van der Waals surface area contributed by atoms with Crippen LogP contribution in [0, 0.1) is 0 Å². The van der Waals surface area contributed by atoms with Gasteiger partial charge < -0.3 is 4.74 Å². The van der Waals surface area contributed by atoms with Crippen molar-refractivity contribution in [3.05, 3.63) is 0 Å². The standard InChI is InChI=1S/C14H27NO2/c1-4-11-17-12-13(16)14(5-2,6-3)15-9-7-8-10-15/h4-12H2,1-3H3. The zero-order chi connectivity index (χ0) is 12.7. The molecule has 1 aliphatic rings. The molecule has 100 valence electrons. The Morgan fingerprint density at radius 3 is 2.24 bits per heavy atom. The molecular weight excluding hydrogens is 214 g/mol. The molecule has 0 aromatic heterocycles. The van der Waals surface area contributed by atoms with Crippen LogP contribution in [0.15, 0.2) is 0 Å². The van der Waals surface area contributed by atoms with Gasteiger partial charge in [-0.05, 0) is 45.2 Å². The first-order chi connectivity index (χ1) is 8.21. The van der Waals surface area contributed by atoms with Crippen molar-refractivity contribution in [3.63, 3.8) is 0 Å². The fourth-order valence-electron chi connectivity index (χ4n) is 2.86. The molecule has 3 nitrogen and oxygen atoms in total. The van der Waals surface area contributed by atoms with E-state index in [0.717, 1.165) is 32.4 Å². The van der Waals surface area contributed by atoms with Gasteiger partial charge in [0, 0.05) is 6.61 Å². The Hall–Kier alpha value is -0.410. The van der Waals surface area contributed by atoms with Crippen LogP contribution in [0.25, 0.3) is 0 Å². The van der Waals surface area contributed by atoms with Gasteiger partial charge in [0.2, 0.25) is 0 Å². The number of carbonyl (C=O) groups excluding carboxylic acids is 1. The maximum atomic E-state index is 12.4. The molecule has 0 N–H and O–H groups in total. The summed E-state index contributed by atoms with van der Waals surface area (Å²) in [4.78, 5) is 14.8. The van der Waals surface area contributed by atoms with E-state index in [1.165, 1.54) is 12.8 Å². The average molecular weight is 241 g/mol. The van der Waals surface area contributed by atoms with Gasteiger partial charge in [0.15, 0.2) is 5.78 Å². The topological polar surface area (TPSA) is 29.5 Å². The zero-order valence-electron chi connectivity index (χ0n) is 11.6. The van der Waals surface area contributed by atoms with Crippen LogP contribution in [0.5, 0.6) is 0 Å². The SMILES string of the molecule is CCCOCC(=O)C(CC)(CC)N1CCCC1. The summed E-state index contributed by atoms with van der Waals surface area (Å²) in [5.41, 5.74) is -0.260. The molecule has 0 amide bonds. The van der Waals surface area contributed by atoms with Crippen LogP contribution >= 0.6 is 0 Å². The van der Waals surface area contributed by atoms with Crippen LogP contribution in [-0.4, -0.2) is 42.5 Å². The molecule has 3 heteroatoms. The van der Waals surface area contributed by atoms with Gasteiger partial charge in [0.25, 0.3) is 0 Å². The summed E-state index contributed by atoms with van der Waals surface area (Å²) < 4.78 is 5.44. The van der Waals surface area contributed by atoms with E-state index in [9.17, 15) is 4.79 Å². The lowest BCUT2D eigenvalue weighted by molar-refractivity contribution is -0.136. The van der Waals surface area contributed by atoms with Gasteiger partial charge in [0.1, 0.15) is 6.61 Å². The summed E-state index contributed by atoms with van der Waals surface area (Å²) in [5.74, 6) is 0.276. The fourth-order valence-corrected chi connectivity index (χ4v) is 2.86. The molecule has 0 aromatic rings. The highest BCUT2D eigenvalue weighted by Gasteiger charge is 2.41. The molecule has 17 heavy (non-hydrogen) atoms. The van der Waals surface area contributed by atoms with Crippen molar-refractivity contribution in [2.24, 2.45) is 0 Å². The van der Waals surface area contributed by atoms with Crippen molar-refractivity contribution in [1.82, 2.24) is 4.90 Å². The molecule has 0 radical (unpaired) electrons. The summed E-state index contributed by atoms with van der Waals surface area (Å²) in [6, 6.07) is 0. The number of Topliss-reactive ketones (excluding diaryl/α,β-unsaturated/α-hetero) is 1. The minimum Gasteiger partial charge on any atom is -0.374 e. The first kappa shape index (κ1) is 14.7. The number of hydrogen-bond acceptors (Lipinski definition) is 3. The third-order valence-electron chi connectivity index (χ3n) is 3.98. The van der Waals surface area contributed by atoms with Gasteiger partial charge in [-0.1, -0.05) is 20.8 Å². The van der Waals surface area contributed by atoms with Crippen LogP contribution in [0.1, 0.15) is 52.9 Å². The third-order valence-corrected chi connectivity index (χ3v) is 3.98. The minimum atomic E-state index is -0.260. The third kappa shape index (κ3) is 3.29. The normalized spacial score (nSPS) is 17.6. The average Bonchev–Trinajstić information content (AvgIpc) is 2.86. The number of likely N-dealkylation sites (tertiary alicyclic amines) is 1. The molecular formula is C14H27NO2. The quantitative estimate of drug-likeness (QED) is 0.612. The van der Waals surface area contributed by atoms with Crippen LogP contribution in [0.2, 0.25) is 0 Å². The lowest BCUT2D eigenvalue weighted by Gasteiger charge is -2.39. The van der Waals surface area contributed by atoms with Crippen LogP contribution < -0.4 is 0 Å². The molecule has 1 fully saturated rings. The second-order valence-corrected chi connectivity index (χ2v) is 4.91. The Balaban J connectivity index is 2.64. The molecule has 1 aliphatic heterocycles. The van der Waals surface area contributed by atoms with Crippen molar-refractivity contribution in [3.8, 4) is 0 Å². The van der Waals surface area contributed by atoms with E-state index in [0.29, 0.717) is 6.61 Å². The molecule has 0 saturated carbocycles. The lowest BCUT2D eigenvalue weighted by Crippen LogP contribution is -2.54. The van der Waals surface area contributed by atoms with Gasteiger partial charge >= 0.3 is 0 Å². The second kappa shape index (κ2) is 7.12. The summed E-state index contributed by atoms with van der Waals surface area (Å²) in [6.45, 7) is 9.43. The van der Waals surface area contributed by atoms with Crippen molar-refractivity contribution >= 4 is 5.78 Å². The first-order valence-electron chi connectivity index (χ1n) is 7.07. The summed E-state index contributed by atoms with van der Waals surface area (Å²) in [6.07, 6.45) is 5.23. The van der Waals surface area contributed by atoms with E-state index in [-0.39, 0.29) is 17.9 Å². The molecule has 0 atom stereocenters. The largest absolute Gasteiger partial charge is 0.374 e. The molecule has 1 rings (SSSR count). The predicted octanol–water partition coefficient (Wildman–Crippen LogP) is 2.64. The van der Waals surface area contributed by atoms with Crippen LogP contribution in [0.4, 0.5) is 0 Å². The molecule has 0 bridgehead atoms. The number of hydrogen-bond donors (Lipinski definition) is 0. The van der Waals surface area contributed by atoms with E-state index in [1.807, 2.05) is 0 Å². The minimum absolute atomic E-state index is 0.260. The van der Waals surface area contributed by atoms with E-state index in [1.54, 1.807) is 0 Å². The first-order valence-corrected chi connectivity index (χ1v) is 7.07. The Labute approximate surface area is 106 Å². The van der Waals surface area contributed by atoms with Crippen LogP contribution in [-0.2, 0) is 9.53 Å². The van der Waals surface area contributed by atoms with E-state index < -0.39 is 0 Å². The van der Waals surface area contributed by atoms with Gasteiger partial charge in [-0.3, -0.25) is 9.69 Å². The number of carbonyl (C=O) groups is 1. The van der Waals surface area contributed by atoms with Crippen LogP contribution in [0.3, 0.4) is 0 Å². The number of nitrogens with zero attached hydrogens (tertiary/aromatic N) is 1. The Morgan fingerprint density at radius 2 is 1.76 bits per heavy atom. The molecule has 0 unspecified atom stereocenters. The highest BCUT2D eigenvalue weighted by Crippen LogP contribution is 2.29. The zero-order valence-corrected chi connectivity index (χ0v) is 11.6. The number of ether oxygens (including phenoxy) is 1. The highest BCUT2D eigenvalue weighted by molar-refractivity contribution is 5.89. The number of rotatable bonds is 8. The van der Waals surface area contributed by atoms with Gasteiger partial charge in [-0.2, -0.15) is 0 Å². The Kier molecular flexibility index (Phi) is 6.14. The molecule has 0 spiro atoms. The highest BCUT2D eigenvalue weighted by atomic mass is 16.5. The smallest absolute Gasteiger partial charge is 0.178 e. The van der Waals surface area contributed by atoms with Crippen molar-refractivity contribution in [1.29, 1.82) is 0 Å². The summed E-state index contributed by atoms with van der Waals surface area (Å²) in [5, 5.41) is 0. The summed E-state index contributed by atoms with van der Waals surface area (Å²) >= 11 is 0. The lowest BCUT2D eigenvalue weighted by atomic mass is 9.86. The number of ketones is 1. The van der Waals surface area contributed by atoms with Gasteiger partial charge in [-0.15, -0.1) is 0 Å². The molecule has 0 aromatic carbocycles. The van der Waals surface area contributed by atoms with E-state index >= 15 is 0 Å². The maximum Gasteiger partial charge on any atom is 0.178 e. The van der Waals surface area contributed by atoms with Crippen molar-refractivity contribution in [2.75, 3.05) is 26.3 Å². The Bertz CT molecular complexity index is 230. The van der Waals surface area contributed by atoms with E-state index in [2.05, 4.69) is 25.7 Å². The van der Waals surface area contributed by atoms with Gasteiger partial charge in [-0.25, -0.2) is 0 Å². The fraction of sp³-hybridized carbons (Fsp3) is 0.929. The summed E-state index contributed by atoms with van der Waals surface area (Å²) in [7, 11) is 0. The molecule has 0 aliphatic carbocycles. The van der Waals surface area contributed by atoms with Crippen molar-refractivity contribution in [2.45, 2.75) is 58.4 Å². The monoisotopic (exact) mass is 241 g/mol. The predicted molar refractivity (Wildman–Crippen MR) is 70.2 cm³/mol. The van der Waals surface area contributed by atoms with Crippen molar-refractivity contribution < 1.29 is 9.53 Å². The van der Waals surface area contributed by atoms with E-state index in [4.69, 9.17) is 4.74 Å². The molecule has 1 heterocycles. The Morgan fingerprint density at radius 1 is 1.18 bits per heavy atom. The maximum absolute atomic E-state index is 12.4.